The largest absolute Gasteiger partial charge is 0.416 e. The lowest BCUT2D eigenvalue weighted by atomic mass is 10.1. The van der Waals surface area contributed by atoms with Gasteiger partial charge < -0.3 is 9.42 Å². The van der Waals surface area contributed by atoms with Crippen LogP contribution in [0, 0.1) is 10.1 Å². The molecule has 1 aliphatic heterocycles. The molecule has 0 radical (unpaired) electrons. The minimum atomic E-state index is -4.44. The standard InChI is InChI=1S/C19H17F3N6O3/c20-19(21,22)14-3-1-2-13(10-14)18-24-17(31-25-18)12-26-6-8-27(9-7-26)16-5-4-15(11-23-16)28(29)30/h1-5,10-11H,6-9,12H2. The Labute approximate surface area is 174 Å². The molecule has 0 amide bonds. The maximum Gasteiger partial charge on any atom is 0.416 e. The number of alkyl halides is 3. The summed E-state index contributed by atoms with van der Waals surface area (Å²) in [4.78, 5) is 22.7. The van der Waals surface area contributed by atoms with E-state index in [1.54, 1.807) is 6.07 Å². The quantitative estimate of drug-likeness (QED) is 0.445. The predicted molar refractivity (Wildman–Crippen MR) is 103 cm³/mol. The van der Waals surface area contributed by atoms with Gasteiger partial charge in [-0.15, -0.1) is 0 Å². The topological polar surface area (TPSA) is 101 Å². The summed E-state index contributed by atoms with van der Waals surface area (Å²) in [5.41, 5.74) is -0.596. The van der Waals surface area contributed by atoms with Crippen molar-refractivity contribution in [2.75, 3.05) is 31.1 Å². The lowest BCUT2D eigenvalue weighted by molar-refractivity contribution is -0.385. The van der Waals surface area contributed by atoms with Crippen LogP contribution in [-0.2, 0) is 12.7 Å². The Morgan fingerprint density at radius 3 is 2.55 bits per heavy atom. The highest BCUT2D eigenvalue weighted by molar-refractivity contribution is 5.55. The van der Waals surface area contributed by atoms with Gasteiger partial charge >= 0.3 is 6.18 Å². The molecule has 0 spiro atoms. The zero-order valence-corrected chi connectivity index (χ0v) is 16.1. The molecule has 1 saturated heterocycles. The van der Waals surface area contributed by atoms with E-state index in [0.29, 0.717) is 44.4 Å². The number of piperazine rings is 1. The molecule has 0 bridgehead atoms. The molecule has 1 fully saturated rings. The first kappa shape index (κ1) is 20.7. The molecule has 0 unspecified atom stereocenters. The first-order chi connectivity index (χ1) is 14.8. The number of nitrogens with zero attached hydrogens (tertiary/aromatic N) is 6. The van der Waals surface area contributed by atoms with Crippen LogP contribution in [0.5, 0.6) is 0 Å². The Kier molecular flexibility index (Phi) is 5.55. The number of rotatable bonds is 5. The van der Waals surface area contributed by atoms with E-state index in [1.165, 1.54) is 24.4 Å². The molecule has 3 heterocycles. The van der Waals surface area contributed by atoms with Crippen LogP contribution in [0.1, 0.15) is 11.5 Å². The maximum atomic E-state index is 12.9. The average molecular weight is 434 g/mol. The Morgan fingerprint density at radius 1 is 1.13 bits per heavy atom. The second-order valence-corrected chi connectivity index (χ2v) is 6.99. The number of hydrogen-bond acceptors (Lipinski definition) is 8. The molecule has 4 rings (SSSR count). The van der Waals surface area contributed by atoms with Crippen LogP contribution in [0.3, 0.4) is 0 Å². The number of benzene rings is 1. The maximum absolute atomic E-state index is 12.9. The number of nitro groups is 1. The number of halogens is 3. The molecular formula is C19H17F3N6O3. The summed E-state index contributed by atoms with van der Waals surface area (Å²) >= 11 is 0. The van der Waals surface area contributed by atoms with Crippen molar-refractivity contribution in [3.8, 4) is 11.4 Å². The molecule has 31 heavy (non-hydrogen) atoms. The third-order valence-electron chi connectivity index (χ3n) is 4.91. The van der Waals surface area contributed by atoms with Crippen molar-refractivity contribution in [1.29, 1.82) is 0 Å². The van der Waals surface area contributed by atoms with Gasteiger partial charge in [0.15, 0.2) is 0 Å². The highest BCUT2D eigenvalue weighted by Crippen LogP contribution is 2.31. The van der Waals surface area contributed by atoms with E-state index in [-0.39, 0.29) is 17.1 Å². The number of aromatic nitrogens is 3. The summed E-state index contributed by atoms with van der Waals surface area (Å²) in [6.45, 7) is 3.01. The third kappa shape index (κ3) is 4.79. The van der Waals surface area contributed by atoms with Crippen molar-refractivity contribution < 1.29 is 22.6 Å². The van der Waals surface area contributed by atoms with E-state index >= 15 is 0 Å². The number of pyridine rings is 1. The first-order valence-electron chi connectivity index (χ1n) is 9.37. The fourth-order valence-electron chi connectivity index (χ4n) is 3.27. The van der Waals surface area contributed by atoms with Gasteiger partial charge in [-0.1, -0.05) is 17.3 Å². The van der Waals surface area contributed by atoms with Gasteiger partial charge in [-0.25, -0.2) is 4.98 Å². The van der Waals surface area contributed by atoms with Gasteiger partial charge in [0.25, 0.3) is 5.69 Å². The molecule has 1 aliphatic rings. The van der Waals surface area contributed by atoms with Gasteiger partial charge in [0.2, 0.25) is 11.7 Å². The third-order valence-corrected chi connectivity index (χ3v) is 4.91. The molecule has 0 atom stereocenters. The minimum absolute atomic E-state index is 0.0599. The van der Waals surface area contributed by atoms with E-state index in [9.17, 15) is 23.3 Å². The van der Waals surface area contributed by atoms with E-state index in [0.717, 1.165) is 12.1 Å². The van der Waals surface area contributed by atoms with Crippen molar-refractivity contribution in [3.63, 3.8) is 0 Å². The Hall–Kier alpha value is -3.54. The molecule has 3 aromatic rings. The Bertz CT molecular complexity index is 1060. The van der Waals surface area contributed by atoms with Crippen LogP contribution in [0.2, 0.25) is 0 Å². The molecule has 0 saturated carbocycles. The monoisotopic (exact) mass is 434 g/mol. The lowest BCUT2D eigenvalue weighted by Gasteiger charge is -2.34. The van der Waals surface area contributed by atoms with Crippen LogP contribution < -0.4 is 4.90 Å². The second-order valence-electron chi connectivity index (χ2n) is 6.99. The van der Waals surface area contributed by atoms with E-state index in [4.69, 9.17) is 4.52 Å². The molecule has 0 aliphatic carbocycles. The smallest absolute Gasteiger partial charge is 0.354 e. The second kappa shape index (κ2) is 8.30. The van der Waals surface area contributed by atoms with Crippen LogP contribution in [0.15, 0.2) is 47.1 Å². The van der Waals surface area contributed by atoms with Crippen molar-refractivity contribution in [1.82, 2.24) is 20.0 Å². The average Bonchev–Trinajstić information content (AvgIpc) is 3.22. The van der Waals surface area contributed by atoms with Crippen molar-refractivity contribution in [3.05, 3.63) is 64.2 Å². The van der Waals surface area contributed by atoms with Gasteiger partial charge in [0, 0.05) is 37.8 Å². The summed E-state index contributed by atoms with van der Waals surface area (Å²) in [6.07, 6.45) is -3.21. The van der Waals surface area contributed by atoms with Crippen LogP contribution in [0.4, 0.5) is 24.7 Å². The van der Waals surface area contributed by atoms with Crippen LogP contribution in [-0.4, -0.2) is 51.1 Å². The van der Waals surface area contributed by atoms with Gasteiger partial charge in [-0.2, -0.15) is 18.2 Å². The number of hydrogen-bond donors (Lipinski definition) is 0. The molecule has 162 valence electrons. The van der Waals surface area contributed by atoms with Crippen molar-refractivity contribution >= 4 is 11.5 Å². The fraction of sp³-hybridized carbons (Fsp3) is 0.316. The highest BCUT2D eigenvalue weighted by Gasteiger charge is 2.31. The van der Waals surface area contributed by atoms with Crippen LogP contribution >= 0.6 is 0 Å². The SMILES string of the molecule is O=[N+]([O-])c1ccc(N2CCN(Cc3nc(-c4cccc(C(F)(F)F)c4)no3)CC2)nc1. The summed E-state index contributed by atoms with van der Waals surface area (Å²) in [7, 11) is 0. The lowest BCUT2D eigenvalue weighted by Crippen LogP contribution is -2.46. The van der Waals surface area contributed by atoms with E-state index in [2.05, 4.69) is 20.0 Å². The summed E-state index contributed by atoms with van der Waals surface area (Å²) in [5, 5.41) is 14.5. The first-order valence-corrected chi connectivity index (χ1v) is 9.37. The van der Waals surface area contributed by atoms with Crippen molar-refractivity contribution in [2.24, 2.45) is 0 Å². The fourth-order valence-corrected chi connectivity index (χ4v) is 3.27. The molecule has 2 aromatic heterocycles. The zero-order valence-electron chi connectivity index (χ0n) is 16.1. The Morgan fingerprint density at radius 2 is 1.90 bits per heavy atom. The van der Waals surface area contributed by atoms with Gasteiger partial charge in [-0.3, -0.25) is 15.0 Å². The molecule has 0 N–H and O–H groups in total. The number of anilines is 1. The molecule has 1 aromatic carbocycles. The zero-order chi connectivity index (χ0) is 22.0. The molecule has 12 heteroatoms. The van der Waals surface area contributed by atoms with Gasteiger partial charge in [-0.05, 0) is 18.2 Å². The molecule has 9 nitrogen and oxygen atoms in total. The van der Waals surface area contributed by atoms with E-state index < -0.39 is 16.7 Å². The van der Waals surface area contributed by atoms with Gasteiger partial charge in [0.05, 0.1) is 17.0 Å². The predicted octanol–water partition coefficient (Wildman–Crippen LogP) is 3.38. The Balaban J connectivity index is 1.35. The highest BCUT2D eigenvalue weighted by atomic mass is 19.4. The minimum Gasteiger partial charge on any atom is -0.354 e. The van der Waals surface area contributed by atoms with Gasteiger partial charge in [0.1, 0.15) is 12.0 Å². The normalized spacial score (nSPS) is 15.3. The summed E-state index contributed by atoms with van der Waals surface area (Å²) in [6, 6.07) is 7.82. The molecular weight excluding hydrogens is 417 g/mol. The van der Waals surface area contributed by atoms with Crippen molar-refractivity contribution in [2.45, 2.75) is 12.7 Å². The van der Waals surface area contributed by atoms with Crippen LogP contribution in [0.25, 0.3) is 11.4 Å². The summed E-state index contributed by atoms with van der Waals surface area (Å²) < 4.78 is 43.9. The summed E-state index contributed by atoms with van der Waals surface area (Å²) in [5.74, 6) is 1.08. The van der Waals surface area contributed by atoms with E-state index in [1.807, 2.05) is 4.90 Å².